The Balaban J connectivity index is 2.16. The highest BCUT2D eigenvalue weighted by Crippen LogP contribution is 2.38. The summed E-state index contributed by atoms with van der Waals surface area (Å²) in [4.78, 5) is 12.1. The third-order valence-corrected chi connectivity index (χ3v) is 4.14. The number of alkyl halides is 3. The van der Waals surface area contributed by atoms with Gasteiger partial charge in [-0.25, -0.2) is 17.6 Å². The topological polar surface area (TPSA) is 38.3 Å². The lowest BCUT2D eigenvalue weighted by Crippen LogP contribution is -2.24. The van der Waals surface area contributed by atoms with E-state index in [1.54, 1.807) is 41.7 Å². The fraction of sp³-hybridized carbons (Fsp3) is 0.250. The zero-order valence-electron chi connectivity index (χ0n) is 15.7. The lowest BCUT2D eigenvalue weighted by molar-refractivity contribution is -0.143. The van der Waals surface area contributed by atoms with E-state index in [2.05, 4.69) is 0 Å². The molecule has 3 nitrogen and oxygen atoms in total. The molecule has 0 aliphatic carbocycles. The molecule has 2 rings (SSSR count). The van der Waals surface area contributed by atoms with Crippen molar-refractivity contribution in [3.63, 3.8) is 0 Å². The van der Waals surface area contributed by atoms with Crippen LogP contribution in [0.1, 0.15) is 24.5 Å². The maximum atomic E-state index is 13.9. The number of carbonyl (C=O) groups excluding carboxylic acids is 1. The highest BCUT2D eigenvalue weighted by molar-refractivity contribution is 5.92. The van der Waals surface area contributed by atoms with Gasteiger partial charge in [0.2, 0.25) is 5.91 Å². The number of nitrogens with one attached hydrogen (secondary N) is 1. The van der Waals surface area contributed by atoms with E-state index in [1.807, 2.05) is 0 Å². The van der Waals surface area contributed by atoms with Crippen molar-refractivity contribution in [3.8, 4) is 5.75 Å². The van der Waals surface area contributed by atoms with Crippen molar-refractivity contribution < 1.29 is 40.3 Å². The van der Waals surface area contributed by atoms with Gasteiger partial charge in [-0.3, -0.25) is 4.79 Å². The molecule has 0 aromatic heterocycles. The second-order valence-corrected chi connectivity index (χ2v) is 6.31. The Bertz CT molecular complexity index is 941. The molecule has 0 saturated heterocycles. The minimum atomic E-state index is -5.66. The van der Waals surface area contributed by atoms with E-state index in [4.69, 9.17) is 4.74 Å². The van der Waals surface area contributed by atoms with Crippen LogP contribution in [0, 0.1) is 29.2 Å². The van der Waals surface area contributed by atoms with Gasteiger partial charge in [-0.05, 0) is 24.1 Å². The molecule has 10 heteroatoms. The number of hydrogen-bond acceptors (Lipinski definition) is 2. The van der Waals surface area contributed by atoms with Crippen molar-refractivity contribution in [2.75, 3.05) is 12.4 Å². The first-order valence-electron chi connectivity index (χ1n) is 8.52. The highest BCUT2D eigenvalue weighted by atomic mass is 19.4. The Labute approximate surface area is 167 Å². The van der Waals surface area contributed by atoms with Gasteiger partial charge in [0.1, 0.15) is 17.0 Å². The van der Waals surface area contributed by atoms with Crippen LogP contribution in [0.3, 0.4) is 0 Å². The predicted molar refractivity (Wildman–Crippen MR) is 95.7 cm³/mol. The molecule has 0 fully saturated rings. The smallest absolute Gasteiger partial charge is 0.422 e. The average molecular weight is 435 g/mol. The Morgan fingerprint density at radius 1 is 1.10 bits per heavy atom. The normalized spacial score (nSPS) is 12.8. The van der Waals surface area contributed by atoms with Gasteiger partial charge in [0.15, 0.2) is 23.3 Å². The molecule has 0 saturated carbocycles. The zero-order valence-corrected chi connectivity index (χ0v) is 15.7. The highest BCUT2D eigenvalue weighted by Gasteiger charge is 2.42. The summed E-state index contributed by atoms with van der Waals surface area (Å²) in [5.74, 6) is -11.3. The molecule has 1 amide bonds. The molecule has 2 aromatic carbocycles. The minimum Gasteiger partial charge on any atom is -0.497 e. The number of halogens is 7. The van der Waals surface area contributed by atoms with Crippen LogP contribution < -0.4 is 10.1 Å². The number of hydrogen-bond donors (Lipinski definition) is 1. The first-order valence-corrected chi connectivity index (χ1v) is 8.52. The number of ether oxygens (including phenoxy) is 1. The first kappa shape index (κ1) is 23.2. The summed E-state index contributed by atoms with van der Waals surface area (Å²) in [5, 5.41) is 1.62. The number of allylic oxidation sites excluding steroid dienone is 1. The number of carbonyl (C=O) groups is 1. The van der Waals surface area contributed by atoms with Crippen molar-refractivity contribution in [2.45, 2.75) is 19.5 Å². The van der Waals surface area contributed by atoms with E-state index in [0.717, 1.165) is 5.56 Å². The summed E-state index contributed by atoms with van der Waals surface area (Å²) in [6.45, 7) is 1.36. The Kier molecular flexibility index (Phi) is 7.12. The summed E-state index contributed by atoms with van der Waals surface area (Å²) >= 11 is 0. The van der Waals surface area contributed by atoms with Crippen LogP contribution in [-0.2, 0) is 11.0 Å². The summed E-state index contributed by atoms with van der Waals surface area (Å²) in [6.07, 6.45) is -2.38. The van der Waals surface area contributed by atoms with Crippen LogP contribution in [0.4, 0.5) is 36.4 Å². The van der Waals surface area contributed by atoms with E-state index in [-0.39, 0.29) is 6.42 Å². The average Bonchev–Trinajstić information content (AvgIpc) is 2.68. The first-order chi connectivity index (χ1) is 14.0. The standard InChI is InChI=1S/C20H16F7NO2/c1-10(5-3-6-11-7-4-8-12(9-11)30-2)19(29)28-18-16(23)14(21)13(20(25,26)27)15(22)17(18)24/h3-4,6-10H,5H2,1-2H3,(H,28,29)/b6-3+/t10-/m0/s1. The van der Waals surface area contributed by atoms with Crippen molar-refractivity contribution in [3.05, 3.63) is 64.7 Å². The van der Waals surface area contributed by atoms with Gasteiger partial charge < -0.3 is 10.1 Å². The van der Waals surface area contributed by atoms with Crippen LogP contribution in [0.5, 0.6) is 5.75 Å². The number of benzene rings is 2. The Morgan fingerprint density at radius 2 is 1.70 bits per heavy atom. The number of anilines is 1. The molecule has 0 spiro atoms. The van der Waals surface area contributed by atoms with Crippen LogP contribution in [0.15, 0.2) is 30.3 Å². The molecule has 0 radical (unpaired) electrons. The summed E-state index contributed by atoms with van der Waals surface area (Å²) in [7, 11) is 1.49. The van der Waals surface area contributed by atoms with Gasteiger partial charge in [0.25, 0.3) is 0 Å². The summed E-state index contributed by atoms with van der Waals surface area (Å²) in [6, 6.07) is 6.91. The van der Waals surface area contributed by atoms with E-state index in [0.29, 0.717) is 5.75 Å². The molecule has 162 valence electrons. The fourth-order valence-corrected chi connectivity index (χ4v) is 2.50. The van der Waals surface area contributed by atoms with E-state index < -0.39 is 52.5 Å². The molecule has 0 bridgehead atoms. The van der Waals surface area contributed by atoms with Gasteiger partial charge in [0.05, 0.1) is 7.11 Å². The van der Waals surface area contributed by atoms with Crippen molar-refractivity contribution in [1.82, 2.24) is 0 Å². The fourth-order valence-electron chi connectivity index (χ4n) is 2.50. The van der Waals surface area contributed by atoms with Crippen molar-refractivity contribution in [2.24, 2.45) is 5.92 Å². The van der Waals surface area contributed by atoms with Gasteiger partial charge in [-0.15, -0.1) is 0 Å². The number of methoxy groups -OCH3 is 1. The quantitative estimate of drug-likeness (QED) is 0.450. The molecule has 30 heavy (non-hydrogen) atoms. The Morgan fingerprint density at radius 3 is 2.23 bits per heavy atom. The predicted octanol–water partition coefficient (Wildman–Crippen LogP) is 5.95. The van der Waals surface area contributed by atoms with Crippen molar-refractivity contribution in [1.29, 1.82) is 0 Å². The zero-order chi connectivity index (χ0) is 22.6. The summed E-state index contributed by atoms with van der Waals surface area (Å²) in [5.41, 5.74) is -3.58. The molecule has 0 aliphatic heterocycles. The molecule has 2 aromatic rings. The van der Waals surface area contributed by atoms with E-state index >= 15 is 0 Å². The molecular weight excluding hydrogens is 419 g/mol. The lowest BCUT2D eigenvalue weighted by Gasteiger charge is -2.16. The third kappa shape index (κ3) is 5.11. The molecule has 1 atom stereocenters. The number of rotatable bonds is 6. The molecule has 1 N–H and O–H groups in total. The van der Waals surface area contributed by atoms with Crippen LogP contribution >= 0.6 is 0 Å². The molecule has 0 aliphatic rings. The van der Waals surface area contributed by atoms with Crippen LogP contribution in [0.25, 0.3) is 6.08 Å². The van der Waals surface area contributed by atoms with Crippen LogP contribution in [-0.4, -0.2) is 13.0 Å². The SMILES string of the molecule is COc1cccc(/C=C/C[C@H](C)C(=O)Nc2c(F)c(F)c(C(F)(F)F)c(F)c2F)c1. The maximum Gasteiger partial charge on any atom is 0.422 e. The minimum absolute atomic E-state index is 0.0673. The third-order valence-electron chi connectivity index (χ3n) is 4.14. The van der Waals surface area contributed by atoms with Crippen molar-refractivity contribution >= 4 is 17.7 Å². The Hall–Kier alpha value is -3.04. The van der Waals surface area contributed by atoms with Gasteiger partial charge >= 0.3 is 6.18 Å². The molecule has 0 heterocycles. The van der Waals surface area contributed by atoms with Gasteiger partial charge in [0, 0.05) is 5.92 Å². The largest absolute Gasteiger partial charge is 0.497 e. The second kappa shape index (κ2) is 9.19. The van der Waals surface area contributed by atoms with Gasteiger partial charge in [-0.2, -0.15) is 13.2 Å². The van der Waals surface area contributed by atoms with Crippen LogP contribution in [0.2, 0.25) is 0 Å². The summed E-state index contributed by atoms with van der Waals surface area (Å²) < 4.78 is 97.9. The monoisotopic (exact) mass is 435 g/mol. The molecule has 0 unspecified atom stereocenters. The van der Waals surface area contributed by atoms with E-state index in [1.165, 1.54) is 14.0 Å². The second-order valence-electron chi connectivity index (χ2n) is 6.31. The number of amides is 1. The maximum absolute atomic E-state index is 13.9. The van der Waals surface area contributed by atoms with Gasteiger partial charge in [-0.1, -0.05) is 31.2 Å². The van der Waals surface area contributed by atoms with E-state index in [9.17, 15) is 35.5 Å². The molecular formula is C20H16F7NO2. The lowest BCUT2D eigenvalue weighted by atomic mass is 10.0.